The van der Waals surface area contributed by atoms with Crippen LogP contribution in [-0.2, 0) is 24.6 Å². The molecule has 1 heterocycles. The fraction of sp³-hybridized carbons (Fsp3) is 0.500. The summed E-state index contributed by atoms with van der Waals surface area (Å²) >= 11 is 1.43. The monoisotopic (exact) mass is 652 g/mol. The summed E-state index contributed by atoms with van der Waals surface area (Å²) in [5.74, 6) is 0.361. The number of hydrogen-bond acceptors (Lipinski definition) is 9. The van der Waals surface area contributed by atoms with Crippen molar-refractivity contribution in [3.8, 4) is 0 Å². The van der Waals surface area contributed by atoms with Gasteiger partial charge in [-0.2, -0.15) is 13.2 Å². The Hall–Kier alpha value is -2.53. The van der Waals surface area contributed by atoms with Crippen LogP contribution >= 0.6 is 11.8 Å². The molecule has 1 aliphatic heterocycles. The lowest BCUT2D eigenvalue weighted by Gasteiger charge is -2.25. The van der Waals surface area contributed by atoms with Crippen molar-refractivity contribution < 1.29 is 39.5 Å². The summed E-state index contributed by atoms with van der Waals surface area (Å²) in [6.07, 6.45) is 0.565. The zero-order valence-electron chi connectivity index (χ0n) is 23.3. The molecule has 234 valence electrons. The van der Waals surface area contributed by atoms with Gasteiger partial charge in [0.25, 0.3) is 9.84 Å². The number of carbonyl (C=O) groups excluding carboxylic acids is 1. The second kappa shape index (κ2) is 13.4. The number of hydrogen-bond donors (Lipinski definition) is 3. The third-order valence-electron chi connectivity index (χ3n) is 6.22. The average Bonchev–Trinajstić information content (AvgIpc) is 3.30. The number of nitrogens with one attached hydrogen (secondary N) is 2. The molecule has 0 spiro atoms. The average molecular weight is 653 g/mol. The quantitative estimate of drug-likeness (QED) is 0.304. The predicted molar refractivity (Wildman–Crippen MR) is 154 cm³/mol. The smallest absolute Gasteiger partial charge is 0.444 e. The van der Waals surface area contributed by atoms with Crippen LogP contribution in [0.5, 0.6) is 0 Å². The number of alkyl halides is 3. The van der Waals surface area contributed by atoms with Gasteiger partial charge in [0.2, 0.25) is 10.0 Å². The molecule has 0 aromatic heterocycles. The van der Waals surface area contributed by atoms with Crippen molar-refractivity contribution in [1.29, 1.82) is 0 Å². The van der Waals surface area contributed by atoms with Gasteiger partial charge in [-0.3, -0.25) is 0 Å². The van der Waals surface area contributed by atoms with Crippen LogP contribution in [0.4, 0.5) is 23.7 Å². The van der Waals surface area contributed by atoms with Crippen molar-refractivity contribution in [2.45, 2.75) is 71.5 Å². The van der Waals surface area contributed by atoms with E-state index in [1.54, 1.807) is 20.8 Å². The number of nitrogens with two attached hydrogens (primary N) is 1. The number of alkyl carbamates (subject to hydrolysis) is 1. The highest BCUT2D eigenvalue weighted by Gasteiger charge is 2.48. The number of ether oxygens (including phenoxy) is 1. The van der Waals surface area contributed by atoms with E-state index in [9.17, 15) is 34.8 Å². The van der Waals surface area contributed by atoms with Gasteiger partial charge >= 0.3 is 11.6 Å². The second-order valence-corrected chi connectivity index (χ2v) is 15.4. The summed E-state index contributed by atoms with van der Waals surface area (Å²) < 4.78 is 94.5. The van der Waals surface area contributed by atoms with Crippen LogP contribution in [0.3, 0.4) is 0 Å². The first-order valence-corrected chi connectivity index (χ1v) is 17.0. The molecule has 2 aromatic carbocycles. The molecule has 42 heavy (non-hydrogen) atoms. The number of benzene rings is 2. The van der Waals surface area contributed by atoms with Crippen LogP contribution in [0.25, 0.3) is 0 Å². The summed E-state index contributed by atoms with van der Waals surface area (Å²) in [4.78, 5) is 13.1. The number of rotatable bonds is 11. The number of carbonyl (C=O) groups is 1. The van der Waals surface area contributed by atoms with Gasteiger partial charge in [-0.25, -0.2) is 26.8 Å². The third-order valence-corrected chi connectivity index (χ3v) is 9.83. The second-order valence-electron chi connectivity index (χ2n) is 10.8. The van der Waals surface area contributed by atoms with Crippen molar-refractivity contribution in [1.82, 2.24) is 10.2 Å². The van der Waals surface area contributed by atoms with Crippen molar-refractivity contribution in [3.05, 3.63) is 48.5 Å². The number of likely N-dealkylation sites (tertiary alicyclic amines) is 1. The third kappa shape index (κ3) is 9.76. The van der Waals surface area contributed by atoms with Gasteiger partial charge in [-0.1, -0.05) is 18.2 Å². The minimum Gasteiger partial charge on any atom is -0.444 e. The first kappa shape index (κ1) is 34.0. The van der Waals surface area contributed by atoms with E-state index in [1.807, 2.05) is 30.3 Å². The Morgan fingerprint density at radius 1 is 1.12 bits per heavy atom. The predicted octanol–water partition coefficient (Wildman–Crippen LogP) is 4.19. The topological polar surface area (TPSA) is 148 Å². The molecule has 1 fully saturated rings. The van der Waals surface area contributed by atoms with Crippen LogP contribution < -0.4 is 15.8 Å². The van der Waals surface area contributed by atoms with Crippen LogP contribution in [0.1, 0.15) is 33.6 Å². The Labute approximate surface area is 248 Å². The molecular formula is C26H35F3N4O6S3. The molecule has 3 rings (SSSR count). The molecule has 0 radical (unpaired) electrons. The van der Waals surface area contributed by atoms with Crippen LogP contribution in [0, 0.1) is 0 Å². The van der Waals surface area contributed by atoms with E-state index in [0.29, 0.717) is 44.3 Å². The lowest BCUT2D eigenvalue weighted by Crippen LogP contribution is -2.41. The standard InChI is InChI=1S/C26H35F3N4O6S3/c1-25(2,3)39-24(34)32-18-11-13-33(16-18)14-12-19(17-40-20-7-5-4-6-8-20)31-22-10-9-21(42(30,37)38)15-23(22)41(35,36)26(27,28)29/h4-10,15,18-19,31H,11-14,16-17H2,1-3H3,(H,32,34)(H2,30,37,38)/t18-,19-/m1/s1. The number of sulfonamides is 1. The van der Waals surface area contributed by atoms with Crippen molar-refractivity contribution in [2.75, 3.05) is 30.7 Å². The van der Waals surface area contributed by atoms with Gasteiger partial charge in [0.05, 0.1) is 10.6 Å². The summed E-state index contributed by atoms with van der Waals surface area (Å²) in [5.41, 5.74) is -6.69. The van der Waals surface area contributed by atoms with Crippen molar-refractivity contribution >= 4 is 43.4 Å². The van der Waals surface area contributed by atoms with Crippen molar-refractivity contribution in [3.63, 3.8) is 0 Å². The minimum absolute atomic E-state index is 0.140. The lowest BCUT2D eigenvalue weighted by atomic mass is 10.2. The zero-order valence-corrected chi connectivity index (χ0v) is 25.8. The fourth-order valence-electron chi connectivity index (χ4n) is 4.24. The van der Waals surface area contributed by atoms with Crippen LogP contribution in [0.15, 0.2) is 63.2 Å². The highest BCUT2D eigenvalue weighted by Crippen LogP contribution is 2.36. The number of halogens is 3. The molecule has 16 heteroatoms. The zero-order chi connectivity index (χ0) is 31.3. The molecule has 4 N–H and O–H groups in total. The lowest BCUT2D eigenvalue weighted by molar-refractivity contribution is -0.0435. The fourth-order valence-corrected chi connectivity index (χ4v) is 6.80. The molecule has 2 atom stereocenters. The van der Waals surface area contributed by atoms with E-state index in [0.717, 1.165) is 17.0 Å². The molecule has 0 bridgehead atoms. The molecule has 2 aromatic rings. The molecular weight excluding hydrogens is 618 g/mol. The van der Waals surface area contributed by atoms with E-state index in [1.165, 1.54) is 11.8 Å². The Bertz CT molecular complexity index is 1450. The number of sulfone groups is 1. The maximum Gasteiger partial charge on any atom is 0.501 e. The molecule has 0 unspecified atom stereocenters. The van der Waals surface area contributed by atoms with Gasteiger partial charge in [0.1, 0.15) is 10.5 Å². The molecule has 1 saturated heterocycles. The molecule has 10 nitrogen and oxygen atoms in total. The summed E-state index contributed by atoms with van der Waals surface area (Å²) in [7, 11) is -10.4. The number of primary sulfonamides is 1. The Kier molecular flexibility index (Phi) is 10.8. The van der Waals surface area contributed by atoms with Crippen LogP contribution in [0.2, 0.25) is 0 Å². The van der Waals surface area contributed by atoms with Gasteiger partial charge in [0, 0.05) is 42.4 Å². The Balaban J connectivity index is 1.80. The van der Waals surface area contributed by atoms with Crippen LogP contribution in [-0.4, -0.2) is 76.4 Å². The molecule has 0 aliphatic carbocycles. The molecule has 1 aliphatic rings. The highest BCUT2D eigenvalue weighted by molar-refractivity contribution is 7.99. The van der Waals surface area contributed by atoms with E-state index in [-0.39, 0.29) is 11.7 Å². The molecule has 0 saturated carbocycles. The van der Waals surface area contributed by atoms with E-state index in [4.69, 9.17) is 9.88 Å². The maximum atomic E-state index is 13.6. The SMILES string of the molecule is CC(C)(C)OC(=O)N[C@@H]1CCN(CC[C@H](CSc2ccccc2)Nc2ccc(S(N)(=O)=O)cc2S(=O)(=O)C(F)(F)F)C1. The first-order chi connectivity index (χ1) is 19.3. The Morgan fingerprint density at radius 2 is 1.79 bits per heavy atom. The van der Waals surface area contributed by atoms with E-state index >= 15 is 0 Å². The van der Waals surface area contributed by atoms with E-state index in [2.05, 4.69) is 15.5 Å². The maximum absolute atomic E-state index is 13.6. The largest absolute Gasteiger partial charge is 0.501 e. The van der Waals surface area contributed by atoms with Crippen molar-refractivity contribution in [2.24, 2.45) is 5.14 Å². The number of nitrogens with zero attached hydrogens (tertiary/aromatic N) is 1. The van der Waals surface area contributed by atoms with E-state index < -0.39 is 52.9 Å². The number of thioether (sulfide) groups is 1. The Morgan fingerprint density at radius 3 is 2.38 bits per heavy atom. The first-order valence-electron chi connectivity index (χ1n) is 13.0. The minimum atomic E-state index is -5.92. The normalized spacial score (nSPS) is 17.5. The molecule has 1 amide bonds. The summed E-state index contributed by atoms with van der Waals surface area (Å²) in [6, 6.07) is 11.0. The summed E-state index contributed by atoms with van der Waals surface area (Å²) in [6.45, 7) is 6.99. The number of anilines is 1. The highest BCUT2D eigenvalue weighted by atomic mass is 32.2. The number of amides is 1. The summed E-state index contributed by atoms with van der Waals surface area (Å²) in [5, 5.41) is 10.8. The van der Waals surface area contributed by atoms with Gasteiger partial charge in [-0.15, -0.1) is 11.8 Å². The van der Waals surface area contributed by atoms with Gasteiger partial charge < -0.3 is 20.3 Å². The van der Waals surface area contributed by atoms with Gasteiger partial charge in [-0.05, 0) is 63.9 Å². The van der Waals surface area contributed by atoms with Gasteiger partial charge in [0.15, 0.2) is 0 Å².